The Balaban J connectivity index is 2.83. The lowest BCUT2D eigenvalue weighted by molar-refractivity contribution is -0.147. The molecule has 0 bridgehead atoms. The summed E-state index contributed by atoms with van der Waals surface area (Å²) in [6, 6.07) is -0.455. The Morgan fingerprint density at radius 3 is 2.56 bits per heavy atom. The molecule has 0 aliphatic carbocycles. The van der Waals surface area contributed by atoms with Crippen molar-refractivity contribution in [1.29, 1.82) is 0 Å². The van der Waals surface area contributed by atoms with Crippen molar-refractivity contribution in [2.45, 2.75) is 39.2 Å². The summed E-state index contributed by atoms with van der Waals surface area (Å²) in [4.78, 5) is 25.1. The number of hydrogen-bond donors (Lipinski definition) is 1. The minimum absolute atomic E-state index is 0.0778. The second kappa shape index (κ2) is 5.04. The zero-order chi connectivity index (χ0) is 12.3. The van der Waals surface area contributed by atoms with Crippen LogP contribution in [0.5, 0.6) is 0 Å². The molecular weight excluding hydrogens is 228 g/mol. The number of piperidine rings is 1. The van der Waals surface area contributed by atoms with Crippen LogP contribution in [0.3, 0.4) is 0 Å². The molecule has 92 valence electrons. The van der Waals surface area contributed by atoms with Crippen molar-refractivity contribution in [2.24, 2.45) is 11.1 Å². The van der Waals surface area contributed by atoms with Gasteiger partial charge in [0.1, 0.15) is 6.04 Å². The van der Waals surface area contributed by atoms with E-state index in [2.05, 4.69) is 0 Å². The zero-order valence-corrected chi connectivity index (χ0v) is 10.6. The van der Waals surface area contributed by atoms with E-state index in [4.69, 9.17) is 17.3 Å². The summed E-state index contributed by atoms with van der Waals surface area (Å²) in [5.74, 6) is -0.252. The third-order valence-corrected chi connectivity index (χ3v) is 3.67. The molecule has 5 heteroatoms. The monoisotopic (exact) mass is 246 g/mol. The number of halogens is 1. The minimum Gasteiger partial charge on any atom is -0.368 e. The number of primary amides is 1. The van der Waals surface area contributed by atoms with E-state index in [1.165, 1.54) is 0 Å². The Kier molecular flexibility index (Phi) is 4.19. The van der Waals surface area contributed by atoms with E-state index in [9.17, 15) is 9.59 Å². The van der Waals surface area contributed by atoms with Gasteiger partial charge in [-0.25, -0.2) is 0 Å². The number of nitrogens with two attached hydrogens (primary N) is 1. The summed E-state index contributed by atoms with van der Waals surface area (Å²) in [5.41, 5.74) is 4.68. The number of carbonyl (C=O) groups is 2. The predicted octanol–water partition coefficient (Wildman–Crippen LogP) is 1.12. The summed E-state index contributed by atoms with van der Waals surface area (Å²) >= 11 is 5.77. The van der Waals surface area contributed by atoms with Crippen molar-refractivity contribution >= 4 is 23.4 Å². The SMILES string of the molecule is CC(C)(CCl)C(=O)N1CCCCC1C(N)=O. The van der Waals surface area contributed by atoms with E-state index in [0.717, 1.165) is 12.8 Å². The van der Waals surface area contributed by atoms with Crippen LogP contribution in [0, 0.1) is 5.41 Å². The van der Waals surface area contributed by atoms with E-state index in [1.54, 1.807) is 18.7 Å². The Hall–Kier alpha value is -0.770. The molecule has 1 aliphatic heterocycles. The van der Waals surface area contributed by atoms with Crippen LogP contribution in [-0.4, -0.2) is 35.2 Å². The van der Waals surface area contributed by atoms with Gasteiger partial charge in [0, 0.05) is 12.4 Å². The topological polar surface area (TPSA) is 63.4 Å². The normalized spacial score (nSPS) is 21.9. The van der Waals surface area contributed by atoms with Crippen LogP contribution in [0.4, 0.5) is 0 Å². The maximum absolute atomic E-state index is 12.2. The molecule has 4 nitrogen and oxygen atoms in total. The van der Waals surface area contributed by atoms with Gasteiger partial charge in [0.15, 0.2) is 0 Å². The highest BCUT2D eigenvalue weighted by Gasteiger charge is 2.37. The van der Waals surface area contributed by atoms with Gasteiger partial charge in [-0.15, -0.1) is 11.6 Å². The third-order valence-electron chi connectivity index (χ3n) is 3.01. The van der Waals surface area contributed by atoms with Gasteiger partial charge in [0.05, 0.1) is 5.41 Å². The summed E-state index contributed by atoms with van der Waals surface area (Å²) in [6.07, 6.45) is 2.53. The Morgan fingerprint density at radius 1 is 1.44 bits per heavy atom. The Morgan fingerprint density at radius 2 is 2.06 bits per heavy atom. The molecule has 2 N–H and O–H groups in total. The molecule has 1 atom stereocenters. The lowest BCUT2D eigenvalue weighted by Crippen LogP contribution is -2.54. The van der Waals surface area contributed by atoms with Gasteiger partial charge in [-0.2, -0.15) is 0 Å². The standard InChI is InChI=1S/C11H19ClN2O2/c1-11(2,7-12)10(16)14-6-4-3-5-8(14)9(13)15/h8H,3-7H2,1-2H3,(H2,13,15). The fourth-order valence-electron chi connectivity index (χ4n) is 1.92. The number of nitrogens with zero attached hydrogens (tertiary/aromatic N) is 1. The molecule has 1 rings (SSSR count). The van der Waals surface area contributed by atoms with Crippen molar-refractivity contribution in [1.82, 2.24) is 4.90 Å². The van der Waals surface area contributed by atoms with E-state index in [0.29, 0.717) is 13.0 Å². The Labute approximate surface area is 101 Å². The van der Waals surface area contributed by atoms with Gasteiger partial charge in [-0.1, -0.05) is 0 Å². The molecule has 0 aromatic heterocycles. The number of hydrogen-bond acceptors (Lipinski definition) is 2. The number of rotatable bonds is 3. The maximum atomic E-state index is 12.2. The highest BCUT2D eigenvalue weighted by atomic mass is 35.5. The van der Waals surface area contributed by atoms with E-state index < -0.39 is 17.4 Å². The highest BCUT2D eigenvalue weighted by molar-refractivity contribution is 6.19. The summed E-state index contributed by atoms with van der Waals surface area (Å²) in [6.45, 7) is 4.18. The van der Waals surface area contributed by atoms with Crippen molar-refractivity contribution < 1.29 is 9.59 Å². The first-order chi connectivity index (χ1) is 7.40. The second-order valence-corrected chi connectivity index (χ2v) is 5.20. The molecule has 1 unspecified atom stereocenters. The van der Waals surface area contributed by atoms with Gasteiger partial charge >= 0.3 is 0 Å². The van der Waals surface area contributed by atoms with Crippen LogP contribution in [0.2, 0.25) is 0 Å². The average Bonchev–Trinajstić information content (AvgIpc) is 2.28. The number of amides is 2. The minimum atomic E-state index is -0.632. The third kappa shape index (κ3) is 2.67. The fourth-order valence-corrected chi connectivity index (χ4v) is 2.03. The molecule has 16 heavy (non-hydrogen) atoms. The fraction of sp³-hybridized carbons (Fsp3) is 0.818. The molecule has 1 aliphatic rings. The number of carbonyl (C=O) groups excluding carboxylic acids is 2. The van der Waals surface area contributed by atoms with Gasteiger partial charge in [0.2, 0.25) is 11.8 Å². The van der Waals surface area contributed by atoms with Gasteiger partial charge in [0.25, 0.3) is 0 Å². The van der Waals surface area contributed by atoms with Gasteiger partial charge < -0.3 is 10.6 Å². The molecule has 0 aromatic rings. The largest absolute Gasteiger partial charge is 0.368 e. The van der Waals surface area contributed by atoms with E-state index in [-0.39, 0.29) is 11.8 Å². The van der Waals surface area contributed by atoms with Crippen molar-refractivity contribution in [3.63, 3.8) is 0 Å². The highest BCUT2D eigenvalue weighted by Crippen LogP contribution is 2.26. The molecule has 0 saturated carbocycles. The zero-order valence-electron chi connectivity index (χ0n) is 9.83. The maximum Gasteiger partial charge on any atom is 0.240 e. The lowest BCUT2D eigenvalue weighted by Gasteiger charge is -2.38. The first-order valence-corrected chi connectivity index (χ1v) is 6.10. The lowest BCUT2D eigenvalue weighted by atomic mass is 9.91. The van der Waals surface area contributed by atoms with E-state index in [1.807, 2.05) is 0 Å². The van der Waals surface area contributed by atoms with Crippen LogP contribution < -0.4 is 5.73 Å². The van der Waals surface area contributed by atoms with E-state index >= 15 is 0 Å². The van der Waals surface area contributed by atoms with Gasteiger partial charge in [-0.3, -0.25) is 9.59 Å². The van der Waals surface area contributed by atoms with Crippen molar-refractivity contribution in [2.75, 3.05) is 12.4 Å². The first kappa shape index (κ1) is 13.3. The summed E-state index contributed by atoms with van der Waals surface area (Å²) in [7, 11) is 0. The molecule has 1 saturated heterocycles. The van der Waals surface area contributed by atoms with Crippen LogP contribution in [0.1, 0.15) is 33.1 Å². The summed E-state index contributed by atoms with van der Waals surface area (Å²) < 4.78 is 0. The molecular formula is C11H19ClN2O2. The number of likely N-dealkylation sites (tertiary alicyclic amines) is 1. The molecule has 0 spiro atoms. The first-order valence-electron chi connectivity index (χ1n) is 5.56. The molecule has 0 radical (unpaired) electrons. The van der Waals surface area contributed by atoms with Gasteiger partial charge in [-0.05, 0) is 33.1 Å². The number of alkyl halides is 1. The molecule has 2 amide bonds. The summed E-state index contributed by atoms with van der Waals surface area (Å²) in [5, 5.41) is 0. The van der Waals surface area contributed by atoms with Crippen molar-refractivity contribution in [3.05, 3.63) is 0 Å². The quantitative estimate of drug-likeness (QED) is 0.759. The van der Waals surface area contributed by atoms with Crippen LogP contribution >= 0.6 is 11.6 Å². The molecule has 0 aromatic carbocycles. The predicted molar refractivity (Wildman–Crippen MR) is 63.0 cm³/mol. The van der Waals surface area contributed by atoms with Crippen molar-refractivity contribution in [3.8, 4) is 0 Å². The second-order valence-electron chi connectivity index (χ2n) is 4.93. The molecule has 1 heterocycles. The average molecular weight is 247 g/mol. The van der Waals surface area contributed by atoms with Crippen LogP contribution in [-0.2, 0) is 9.59 Å². The van der Waals surface area contributed by atoms with Crippen LogP contribution in [0.15, 0.2) is 0 Å². The van der Waals surface area contributed by atoms with Crippen LogP contribution in [0.25, 0.3) is 0 Å². The smallest absolute Gasteiger partial charge is 0.240 e. The molecule has 1 fully saturated rings. The Bertz CT molecular complexity index is 292.